The summed E-state index contributed by atoms with van der Waals surface area (Å²) in [6, 6.07) is 15.4. The van der Waals surface area contributed by atoms with Gasteiger partial charge in [0.1, 0.15) is 10.7 Å². The average Bonchev–Trinajstić information content (AvgIpc) is 3.11. The van der Waals surface area contributed by atoms with Crippen LogP contribution >= 0.6 is 11.3 Å². The molecule has 2 aromatic carbocycles. The third kappa shape index (κ3) is 4.55. The molecule has 6 heteroatoms. The summed E-state index contributed by atoms with van der Waals surface area (Å²) in [5.74, 6) is -0.315. The van der Waals surface area contributed by atoms with Crippen LogP contribution in [0.1, 0.15) is 28.5 Å². The van der Waals surface area contributed by atoms with Crippen molar-refractivity contribution in [1.29, 1.82) is 0 Å². The van der Waals surface area contributed by atoms with Crippen molar-refractivity contribution in [3.63, 3.8) is 0 Å². The van der Waals surface area contributed by atoms with Crippen LogP contribution in [0.3, 0.4) is 0 Å². The Bertz CT molecular complexity index is 915. The second kappa shape index (κ2) is 7.93. The van der Waals surface area contributed by atoms with E-state index in [1.165, 1.54) is 23.8 Å². The second-order valence-corrected chi connectivity index (χ2v) is 6.82. The Labute approximate surface area is 156 Å². The number of thiazole rings is 1. The van der Waals surface area contributed by atoms with Gasteiger partial charge in [-0.15, -0.1) is 11.3 Å². The lowest BCUT2D eigenvalue weighted by atomic mass is 10.2. The van der Waals surface area contributed by atoms with Gasteiger partial charge < -0.3 is 10.6 Å². The SMILES string of the molecule is CC(=O)Nc1ccc(CNC(=O)c2csc(-c3ccc(C)cc3)n2)cc1. The highest BCUT2D eigenvalue weighted by molar-refractivity contribution is 7.13. The molecule has 0 fully saturated rings. The van der Waals surface area contributed by atoms with Crippen LogP contribution in [0, 0.1) is 6.92 Å². The molecule has 0 saturated carbocycles. The van der Waals surface area contributed by atoms with Crippen LogP contribution < -0.4 is 10.6 Å². The van der Waals surface area contributed by atoms with E-state index >= 15 is 0 Å². The molecular weight excluding hydrogens is 346 g/mol. The molecule has 0 aliphatic carbocycles. The summed E-state index contributed by atoms with van der Waals surface area (Å²) in [4.78, 5) is 27.8. The Morgan fingerprint density at radius 2 is 1.73 bits per heavy atom. The minimum atomic E-state index is -0.203. The van der Waals surface area contributed by atoms with E-state index in [-0.39, 0.29) is 11.8 Å². The van der Waals surface area contributed by atoms with E-state index in [1.807, 2.05) is 43.3 Å². The average molecular weight is 365 g/mol. The Balaban J connectivity index is 1.60. The van der Waals surface area contributed by atoms with Crippen LogP contribution in [0.15, 0.2) is 53.9 Å². The van der Waals surface area contributed by atoms with Crippen LogP contribution in [0.5, 0.6) is 0 Å². The van der Waals surface area contributed by atoms with Gasteiger partial charge >= 0.3 is 0 Å². The number of carbonyl (C=O) groups excluding carboxylic acids is 2. The van der Waals surface area contributed by atoms with Gasteiger partial charge in [0.25, 0.3) is 5.91 Å². The molecule has 0 aliphatic rings. The van der Waals surface area contributed by atoms with E-state index < -0.39 is 0 Å². The maximum Gasteiger partial charge on any atom is 0.271 e. The smallest absolute Gasteiger partial charge is 0.271 e. The number of nitrogens with one attached hydrogen (secondary N) is 2. The fourth-order valence-corrected chi connectivity index (χ4v) is 3.20. The zero-order valence-corrected chi connectivity index (χ0v) is 15.4. The molecule has 2 N–H and O–H groups in total. The molecule has 0 saturated heterocycles. The molecule has 0 atom stereocenters. The first-order valence-corrected chi connectivity index (χ1v) is 9.06. The van der Waals surface area contributed by atoms with Crippen LogP contribution in [0.4, 0.5) is 5.69 Å². The topological polar surface area (TPSA) is 71.1 Å². The van der Waals surface area contributed by atoms with E-state index in [0.29, 0.717) is 12.2 Å². The lowest BCUT2D eigenvalue weighted by Gasteiger charge is -2.06. The summed E-state index contributed by atoms with van der Waals surface area (Å²) in [7, 11) is 0. The van der Waals surface area contributed by atoms with Gasteiger partial charge in [0.15, 0.2) is 0 Å². The Kier molecular flexibility index (Phi) is 5.43. The number of hydrogen-bond acceptors (Lipinski definition) is 4. The number of amides is 2. The standard InChI is InChI=1S/C20H19N3O2S/c1-13-3-7-16(8-4-13)20-23-18(12-26-20)19(25)21-11-15-5-9-17(10-6-15)22-14(2)24/h3-10,12H,11H2,1-2H3,(H,21,25)(H,22,24). The first-order chi connectivity index (χ1) is 12.5. The number of aromatic nitrogens is 1. The second-order valence-electron chi connectivity index (χ2n) is 5.96. The predicted molar refractivity (Wildman–Crippen MR) is 104 cm³/mol. The maximum atomic E-state index is 12.3. The minimum absolute atomic E-state index is 0.112. The zero-order chi connectivity index (χ0) is 18.5. The van der Waals surface area contributed by atoms with Crippen molar-refractivity contribution in [2.75, 3.05) is 5.32 Å². The number of carbonyl (C=O) groups is 2. The molecule has 26 heavy (non-hydrogen) atoms. The zero-order valence-electron chi connectivity index (χ0n) is 14.6. The molecule has 3 rings (SSSR count). The third-order valence-electron chi connectivity index (χ3n) is 3.76. The molecule has 0 radical (unpaired) electrons. The van der Waals surface area contributed by atoms with Crippen molar-refractivity contribution in [1.82, 2.24) is 10.3 Å². The van der Waals surface area contributed by atoms with Gasteiger partial charge in [-0.3, -0.25) is 9.59 Å². The predicted octanol–water partition coefficient (Wildman–Crippen LogP) is 4.01. The lowest BCUT2D eigenvalue weighted by molar-refractivity contribution is -0.114. The fraction of sp³-hybridized carbons (Fsp3) is 0.150. The summed E-state index contributed by atoms with van der Waals surface area (Å²) in [6.07, 6.45) is 0. The summed E-state index contributed by atoms with van der Waals surface area (Å²) in [5.41, 5.74) is 4.29. The van der Waals surface area contributed by atoms with Gasteiger partial charge in [0, 0.05) is 30.1 Å². The Hall–Kier alpha value is -2.99. The molecule has 1 aromatic heterocycles. The summed E-state index contributed by atoms with van der Waals surface area (Å²) in [5, 5.41) is 8.17. The highest BCUT2D eigenvalue weighted by Gasteiger charge is 2.11. The summed E-state index contributed by atoms with van der Waals surface area (Å²) in [6.45, 7) is 3.90. The van der Waals surface area contributed by atoms with Gasteiger partial charge in [-0.05, 0) is 24.6 Å². The van der Waals surface area contributed by atoms with Crippen molar-refractivity contribution < 1.29 is 9.59 Å². The van der Waals surface area contributed by atoms with Crippen LogP contribution in [-0.2, 0) is 11.3 Å². The van der Waals surface area contributed by atoms with E-state index in [1.54, 1.807) is 17.5 Å². The number of benzene rings is 2. The minimum Gasteiger partial charge on any atom is -0.347 e. The normalized spacial score (nSPS) is 10.4. The molecule has 132 valence electrons. The first-order valence-electron chi connectivity index (χ1n) is 8.18. The molecule has 5 nitrogen and oxygen atoms in total. The van der Waals surface area contributed by atoms with E-state index in [4.69, 9.17) is 0 Å². The maximum absolute atomic E-state index is 12.3. The van der Waals surface area contributed by atoms with Gasteiger partial charge in [-0.1, -0.05) is 42.0 Å². The van der Waals surface area contributed by atoms with Crippen molar-refractivity contribution in [2.24, 2.45) is 0 Å². The largest absolute Gasteiger partial charge is 0.347 e. The molecule has 1 heterocycles. The molecule has 0 aliphatic heterocycles. The Morgan fingerprint density at radius 3 is 2.38 bits per heavy atom. The van der Waals surface area contributed by atoms with Gasteiger partial charge in [-0.2, -0.15) is 0 Å². The number of aryl methyl sites for hydroxylation is 1. The lowest BCUT2D eigenvalue weighted by Crippen LogP contribution is -2.23. The van der Waals surface area contributed by atoms with Gasteiger partial charge in [0.2, 0.25) is 5.91 Å². The van der Waals surface area contributed by atoms with Crippen LogP contribution in [-0.4, -0.2) is 16.8 Å². The van der Waals surface area contributed by atoms with Crippen molar-refractivity contribution >= 4 is 28.8 Å². The van der Waals surface area contributed by atoms with Gasteiger partial charge in [0.05, 0.1) is 0 Å². The molecule has 0 unspecified atom stereocenters. The Morgan fingerprint density at radius 1 is 1.04 bits per heavy atom. The van der Waals surface area contributed by atoms with Crippen molar-refractivity contribution in [3.8, 4) is 10.6 Å². The molecule has 0 bridgehead atoms. The monoisotopic (exact) mass is 365 g/mol. The summed E-state index contributed by atoms with van der Waals surface area (Å²) < 4.78 is 0. The molecular formula is C20H19N3O2S. The quantitative estimate of drug-likeness (QED) is 0.718. The van der Waals surface area contributed by atoms with Crippen molar-refractivity contribution in [2.45, 2.75) is 20.4 Å². The first kappa shape index (κ1) is 17.8. The van der Waals surface area contributed by atoms with Crippen molar-refractivity contribution in [3.05, 3.63) is 70.7 Å². The highest BCUT2D eigenvalue weighted by Crippen LogP contribution is 2.24. The number of anilines is 1. The van der Waals surface area contributed by atoms with Crippen LogP contribution in [0.2, 0.25) is 0 Å². The number of rotatable bonds is 5. The van der Waals surface area contributed by atoms with Crippen LogP contribution in [0.25, 0.3) is 10.6 Å². The number of nitrogens with zero attached hydrogens (tertiary/aromatic N) is 1. The highest BCUT2D eigenvalue weighted by atomic mass is 32.1. The third-order valence-corrected chi connectivity index (χ3v) is 4.65. The van der Waals surface area contributed by atoms with E-state index in [2.05, 4.69) is 15.6 Å². The van der Waals surface area contributed by atoms with Gasteiger partial charge in [-0.25, -0.2) is 4.98 Å². The fourth-order valence-electron chi connectivity index (χ4n) is 2.39. The van der Waals surface area contributed by atoms with E-state index in [0.717, 1.165) is 21.8 Å². The molecule has 2 amide bonds. The summed E-state index contributed by atoms with van der Waals surface area (Å²) >= 11 is 1.45. The molecule has 3 aromatic rings. The van der Waals surface area contributed by atoms with E-state index in [9.17, 15) is 9.59 Å². The molecule has 0 spiro atoms. The number of hydrogen-bond donors (Lipinski definition) is 2.